The van der Waals surface area contributed by atoms with Crippen molar-refractivity contribution in [2.24, 2.45) is 5.92 Å². The number of nitrogens with zero attached hydrogens (tertiary/aromatic N) is 2. The van der Waals surface area contributed by atoms with Crippen molar-refractivity contribution in [3.63, 3.8) is 0 Å². The van der Waals surface area contributed by atoms with E-state index in [2.05, 4.69) is 15.3 Å². The van der Waals surface area contributed by atoms with E-state index >= 15 is 0 Å². The van der Waals surface area contributed by atoms with E-state index in [1.165, 1.54) is 30.6 Å². The first kappa shape index (κ1) is 24.6. The molecule has 0 saturated heterocycles. The maximum Gasteiger partial charge on any atom is 0.417 e. The number of ether oxygens (including phenoxy) is 1. The van der Waals surface area contributed by atoms with Gasteiger partial charge >= 0.3 is 6.18 Å². The van der Waals surface area contributed by atoms with Gasteiger partial charge in [-0.3, -0.25) is 9.59 Å². The lowest BCUT2D eigenvalue weighted by Gasteiger charge is -2.11. The Kier molecular flexibility index (Phi) is 7.02. The third-order valence-corrected chi connectivity index (χ3v) is 5.52. The largest absolute Gasteiger partial charge is 0.436 e. The number of carbonyl (C=O) groups excluding carboxylic acids is 2. The van der Waals surface area contributed by atoms with Crippen LogP contribution in [0.1, 0.15) is 29.5 Å². The van der Waals surface area contributed by atoms with Crippen molar-refractivity contribution in [2.45, 2.75) is 31.9 Å². The molecule has 0 radical (unpaired) electrons. The lowest BCUT2D eigenvalue weighted by molar-refractivity contribution is -0.137. The number of Topliss-reactive ketones (excluding diaryl/α,β-unsaturated/α-hetero) is 1. The summed E-state index contributed by atoms with van der Waals surface area (Å²) in [6.07, 6.45) is -2.27. The van der Waals surface area contributed by atoms with Crippen molar-refractivity contribution in [3.8, 4) is 11.6 Å². The minimum atomic E-state index is -4.64. The second kappa shape index (κ2) is 9.99. The monoisotopic (exact) mass is 507 g/mol. The van der Waals surface area contributed by atoms with Crippen molar-refractivity contribution in [1.82, 2.24) is 9.97 Å². The molecule has 0 aliphatic heterocycles. The number of halogens is 5. The Morgan fingerprint density at radius 1 is 1.03 bits per heavy atom. The maximum absolute atomic E-state index is 14.6. The van der Waals surface area contributed by atoms with Crippen LogP contribution < -0.4 is 10.1 Å². The van der Waals surface area contributed by atoms with E-state index in [1.54, 1.807) is 0 Å². The number of aromatic nitrogens is 2. The predicted octanol–water partition coefficient (Wildman–Crippen LogP) is 5.78. The van der Waals surface area contributed by atoms with Gasteiger partial charge in [-0.05, 0) is 48.2 Å². The Labute approximate surface area is 202 Å². The van der Waals surface area contributed by atoms with Crippen LogP contribution in [0.3, 0.4) is 0 Å². The van der Waals surface area contributed by atoms with Gasteiger partial charge in [0, 0.05) is 24.8 Å². The fourth-order valence-corrected chi connectivity index (χ4v) is 3.53. The normalized spacial score (nSPS) is 13.4. The molecule has 1 aliphatic carbocycles. The minimum Gasteiger partial charge on any atom is -0.436 e. The Bertz CT molecular complexity index is 1280. The molecule has 0 bridgehead atoms. The summed E-state index contributed by atoms with van der Waals surface area (Å²) < 4.78 is 59.1. The van der Waals surface area contributed by atoms with Gasteiger partial charge < -0.3 is 10.1 Å². The van der Waals surface area contributed by atoms with Crippen molar-refractivity contribution < 1.29 is 31.9 Å². The SMILES string of the molecule is O=C(Cc1ccc(Oc2cc(NC(=O)C3CC3)ncn2)c(F)c1)Cc1ccc(Cl)c(C(F)(F)F)c1. The molecular formula is C24H18ClF4N3O3. The number of amides is 1. The maximum atomic E-state index is 14.6. The minimum absolute atomic E-state index is 0.0111. The summed E-state index contributed by atoms with van der Waals surface area (Å²) in [5, 5.41) is 2.19. The zero-order valence-corrected chi connectivity index (χ0v) is 18.8. The summed E-state index contributed by atoms with van der Waals surface area (Å²) in [4.78, 5) is 32.1. The van der Waals surface area contributed by atoms with Crippen molar-refractivity contribution >= 4 is 29.1 Å². The van der Waals surface area contributed by atoms with Crippen LogP contribution in [0.4, 0.5) is 23.4 Å². The molecule has 11 heteroatoms. The smallest absolute Gasteiger partial charge is 0.417 e. The number of rotatable bonds is 8. The van der Waals surface area contributed by atoms with E-state index in [0.29, 0.717) is 5.56 Å². The molecule has 1 heterocycles. The average Bonchev–Trinajstić information content (AvgIpc) is 3.62. The molecule has 1 amide bonds. The molecule has 1 aliphatic rings. The number of hydrogen-bond donors (Lipinski definition) is 1. The molecule has 1 aromatic heterocycles. The zero-order chi connectivity index (χ0) is 25.2. The number of hydrogen-bond acceptors (Lipinski definition) is 5. The first-order valence-electron chi connectivity index (χ1n) is 10.5. The van der Waals surface area contributed by atoms with Gasteiger partial charge in [0.1, 0.15) is 17.9 Å². The van der Waals surface area contributed by atoms with Crippen LogP contribution in [0.15, 0.2) is 48.8 Å². The Morgan fingerprint density at radius 2 is 1.71 bits per heavy atom. The third-order valence-electron chi connectivity index (χ3n) is 5.19. The number of benzene rings is 2. The fourth-order valence-electron chi connectivity index (χ4n) is 3.30. The molecule has 182 valence electrons. The first-order chi connectivity index (χ1) is 16.6. The second-order valence-electron chi connectivity index (χ2n) is 8.08. The molecule has 1 saturated carbocycles. The van der Waals surface area contributed by atoms with Crippen molar-refractivity contribution in [1.29, 1.82) is 0 Å². The van der Waals surface area contributed by atoms with Gasteiger partial charge in [-0.1, -0.05) is 23.7 Å². The summed E-state index contributed by atoms with van der Waals surface area (Å²) in [7, 11) is 0. The lowest BCUT2D eigenvalue weighted by atomic mass is 10.0. The van der Waals surface area contributed by atoms with Crippen LogP contribution in [-0.2, 0) is 28.6 Å². The number of nitrogens with one attached hydrogen (secondary N) is 1. The molecule has 0 spiro atoms. The first-order valence-corrected chi connectivity index (χ1v) is 10.9. The predicted molar refractivity (Wildman–Crippen MR) is 119 cm³/mol. The van der Waals surface area contributed by atoms with Gasteiger partial charge in [0.2, 0.25) is 11.8 Å². The molecule has 3 aromatic rings. The third kappa shape index (κ3) is 6.54. The zero-order valence-electron chi connectivity index (χ0n) is 18.0. The number of alkyl halides is 3. The molecule has 2 aromatic carbocycles. The second-order valence-corrected chi connectivity index (χ2v) is 8.48. The van der Waals surface area contributed by atoms with E-state index in [1.807, 2.05) is 0 Å². The quantitative estimate of drug-likeness (QED) is 0.391. The fraction of sp³-hybridized carbons (Fsp3) is 0.250. The molecular weight excluding hydrogens is 490 g/mol. The molecule has 1 N–H and O–H groups in total. The molecule has 6 nitrogen and oxygen atoms in total. The van der Waals surface area contributed by atoms with Gasteiger partial charge in [-0.15, -0.1) is 0 Å². The van der Waals surface area contributed by atoms with Crippen LogP contribution >= 0.6 is 11.6 Å². The van der Waals surface area contributed by atoms with Gasteiger partial charge in [0.15, 0.2) is 11.6 Å². The number of anilines is 1. The highest BCUT2D eigenvalue weighted by atomic mass is 35.5. The molecule has 0 atom stereocenters. The van der Waals surface area contributed by atoms with Crippen molar-refractivity contribution in [3.05, 3.63) is 76.3 Å². The molecule has 0 unspecified atom stereocenters. The summed E-state index contributed by atoms with van der Waals surface area (Å²) in [6, 6.07) is 8.51. The molecule has 35 heavy (non-hydrogen) atoms. The van der Waals surface area contributed by atoms with Crippen molar-refractivity contribution in [2.75, 3.05) is 5.32 Å². The van der Waals surface area contributed by atoms with E-state index in [9.17, 15) is 27.2 Å². The Balaban J connectivity index is 1.39. The van der Waals surface area contributed by atoms with Crippen LogP contribution in [0.25, 0.3) is 0 Å². The van der Waals surface area contributed by atoms with E-state index in [-0.39, 0.29) is 47.7 Å². The molecule has 4 rings (SSSR count). The summed E-state index contributed by atoms with van der Waals surface area (Å²) in [5.41, 5.74) is -0.539. The van der Waals surface area contributed by atoms with Gasteiger partial charge in [-0.25, -0.2) is 14.4 Å². The topological polar surface area (TPSA) is 81.2 Å². The number of carbonyl (C=O) groups is 2. The van der Waals surface area contributed by atoms with Gasteiger partial charge in [0.05, 0.1) is 10.6 Å². The Morgan fingerprint density at radius 3 is 2.37 bits per heavy atom. The highest BCUT2D eigenvalue weighted by molar-refractivity contribution is 6.31. The van der Waals surface area contributed by atoms with E-state index in [0.717, 1.165) is 31.0 Å². The van der Waals surface area contributed by atoms with Crippen LogP contribution in [-0.4, -0.2) is 21.7 Å². The van der Waals surface area contributed by atoms with Gasteiger partial charge in [0.25, 0.3) is 0 Å². The van der Waals surface area contributed by atoms with Crippen LogP contribution in [0, 0.1) is 11.7 Å². The van der Waals surface area contributed by atoms with Crippen LogP contribution in [0.2, 0.25) is 5.02 Å². The van der Waals surface area contributed by atoms with E-state index < -0.39 is 28.4 Å². The summed E-state index contributed by atoms with van der Waals surface area (Å²) >= 11 is 5.60. The highest BCUT2D eigenvalue weighted by Gasteiger charge is 2.33. The highest BCUT2D eigenvalue weighted by Crippen LogP contribution is 2.35. The van der Waals surface area contributed by atoms with E-state index in [4.69, 9.17) is 16.3 Å². The lowest BCUT2D eigenvalue weighted by Crippen LogP contribution is -2.14. The molecule has 1 fully saturated rings. The standard InChI is InChI=1S/C24H18ClF4N3O3/c25-18-5-1-13(9-17(18)24(27,28)29)7-16(33)8-14-2-6-20(19(26)10-14)35-22-11-21(30-12-31-22)32-23(34)15-3-4-15/h1-2,5-6,9-12,15H,3-4,7-8H2,(H,30,31,32,34). The summed E-state index contributed by atoms with van der Waals surface area (Å²) in [5.74, 6) is -1.26. The Hall–Kier alpha value is -3.53. The van der Waals surface area contributed by atoms with Gasteiger partial charge in [-0.2, -0.15) is 13.2 Å². The van der Waals surface area contributed by atoms with Crippen LogP contribution in [0.5, 0.6) is 11.6 Å². The average molecular weight is 508 g/mol. The summed E-state index contributed by atoms with van der Waals surface area (Å²) in [6.45, 7) is 0. The number of ketones is 1.